The summed E-state index contributed by atoms with van der Waals surface area (Å²) in [5.74, 6) is -0.677. The second kappa shape index (κ2) is 7.65. The molecule has 1 atom stereocenters. The van der Waals surface area contributed by atoms with E-state index in [1.165, 1.54) is 0 Å². The van der Waals surface area contributed by atoms with Gasteiger partial charge in [-0.05, 0) is 6.42 Å². The average molecular weight is 271 g/mol. The Morgan fingerprint density at radius 1 is 1.50 bits per heavy atom. The quantitative estimate of drug-likeness (QED) is 0.654. The van der Waals surface area contributed by atoms with Crippen LogP contribution >= 0.6 is 11.3 Å². The first kappa shape index (κ1) is 14.4. The molecule has 1 unspecified atom stereocenters. The van der Waals surface area contributed by atoms with Crippen LogP contribution in [0.15, 0.2) is 11.6 Å². The summed E-state index contributed by atoms with van der Waals surface area (Å²) in [7, 11) is 0. The fraction of sp³-hybridized carbons (Fsp3) is 0.545. The van der Waals surface area contributed by atoms with Crippen LogP contribution in [0.3, 0.4) is 0 Å². The summed E-state index contributed by atoms with van der Waals surface area (Å²) in [5, 5.41) is 16.7. The van der Waals surface area contributed by atoms with E-state index in [-0.39, 0.29) is 18.4 Å². The number of carboxylic acids is 1. The van der Waals surface area contributed by atoms with Crippen LogP contribution in [-0.4, -0.2) is 35.2 Å². The summed E-state index contributed by atoms with van der Waals surface area (Å²) in [4.78, 5) is 25.8. The number of nitrogens with zero attached hydrogens (tertiary/aromatic N) is 1. The van der Waals surface area contributed by atoms with Gasteiger partial charge in [0, 0.05) is 37.0 Å². The molecule has 1 aromatic heterocycles. The van der Waals surface area contributed by atoms with Gasteiger partial charge >= 0.3 is 12.0 Å². The minimum absolute atomic E-state index is 0.0653. The van der Waals surface area contributed by atoms with Gasteiger partial charge < -0.3 is 15.7 Å². The Bertz CT molecular complexity index is 381. The summed E-state index contributed by atoms with van der Waals surface area (Å²) in [6, 6.07) is -0.274. The molecule has 0 spiro atoms. The predicted octanol–water partition coefficient (Wildman–Crippen LogP) is 1.41. The maximum absolute atomic E-state index is 11.4. The van der Waals surface area contributed by atoms with E-state index in [1.807, 2.05) is 12.3 Å². The number of hydrogen-bond donors (Lipinski definition) is 3. The maximum atomic E-state index is 11.4. The normalized spacial score (nSPS) is 11.8. The third kappa shape index (κ3) is 5.62. The van der Waals surface area contributed by atoms with Gasteiger partial charge in [0.05, 0.1) is 5.01 Å². The number of aromatic nitrogens is 1. The lowest BCUT2D eigenvalue weighted by atomic mass is 10.2. The van der Waals surface area contributed by atoms with Crippen molar-refractivity contribution >= 4 is 23.3 Å². The van der Waals surface area contributed by atoms with Crippen molar-refractivity contribution in [2.75, 3.05) is 13.1 Å². The lowest BCUT2D eigenvalue weighted by Gasteiger charge is -2.10. The molecule has 0 aromatic carbocycles. The van der Waals surface area contributed by atoms with E-state index in [2.05, 4.69) is 15.6 Å². The van der Waals surface area contributed by atoms with Crippen LogP contribution in [0.2, 0.25) is 0 Å². The van der Waals surface area contributed by atoms with Gasteiger partial charge in [-0.1, -0.05) is 6.92 Å². The van der Waals surface area contributed by atoms with E-state index < -0.39 is 5.97 Å². The second-order valence-corrected chi connectivity index (χ2v) is 4.83. The molecule has 0 fully saturated rings. The Morgan fingerprint density at radius 2 is 2.28 bits per heavy atom. The average Bonchev–Trinajstić information content (AvgIpc) is 2.85. The molecule has 0 aliphatic rings. The number of carbonyl (C=O) groups excluding carboxylic acids is 1. The van der Waals surface area contributed by atoms with Crippen molar-refractivity contribution < 1.29 is 14.7 Å². The predicted molar refractivity (Wildman–Crippen MR) is 68.8 cm³/mol. The molecule has 1 aromatic rings. The number of carboxylic acid groups (broad SMARTS) is 1. The Kier molecular flexibility index (Phi) is 6.13. The minimum atomic E-state index is -0.852. The Labute approximate surface area is 109 Å². The summed E-state index contributed by atoms with van der Waals surface area (Å²) < 4.78 is 0. The van der Waals surface area contributed by atoms with E-state index in [0.29, 0.717) is 19.5 Å². The number of hydrogen-bond acceptors (Lipinski definition) is 4. The lowest BCUT2D eigenvalue weighted by molar-refractivity contribution is -0.137. The fourth-order valence-corrected chi connectivity index (χ4v) is 2.01. The molecule has 1 rings (SSSR count). The number of carbonyl (C=O) groups is 2. The summed E-state index contributed by atoms with van der Waals surface area (Å²) >= 11 is 1.56. The van der Waals surface area contributed by atoms with Crippen molar-refractivity contribution in [1.82, 2.24) is 15.6 Å². The van der Waals surface area contributed by atoms with E-state index in [0.717, 1.165) is 5.01 Å². The molecule has 6 nitrogen and oxygen atoms in total. The van der Waals surface area contributed by atoms with Crippen LogP contribution in [0.4, 0.5) is 4.79 Å². The summed E-state index contributed by atoms with van der Waals surface area (Å²) in [6.07, 6.45) is 2.24. The zero-order valence-electron chi connectivity index (χ0n) is 10.2. The lowest BCUT2D eigenvalue weighted by Crippen LogP contribution is -2.37. The van der Waals surface area contributed by atoms with Crippen LogP contribution < -0.4 is 10.6 Å². The maximum Gasteiger partial charge on any atom is 0.314 e. The summed E-state index contributed by atoms with van der Waals surface area (Å²) in [6.45, 7) is 2.87. The minimum Gasteiger partial charge on any atom is -0.481 e. The highest BCUT2D eigenvalue weighted by atomic mass is 32.1. The van der Waals surface area contributed by atoms with Crippen molar-refractivity contribution in [3.63, 3.8) is 0 Å². The van der Waals surface area contributed by atoms with E-state index in [9.17, 15) is 9.59 Å². The van der Waals surface area contributed by atoms with Gasteiger partial charge in [-0.15, -0.1) is 11.3 Å². The monoisotopic (exact) mass is 271 g/mol. The zero-order chi connectivity index (χ0) is 13.4. The molecule has 0 radical (unpaired) electrons. The zero-order valence-corrected chi connectivity index (χ0v) is 11.0. The first-order valence-corrected chi connectivity index (χ1v) is 6.60. The molecule has 0 aliphatic heterocycles. The van der Waals surface area contributed by atoms with Crippen LogP contribution in [0, 0.1) is 0 Å². The van der Waals surface area contributed by atoms with E-state index in [4.69, 9.17) is 5.11 Å². The number of aliphatic carboxylic acids is 1. The standard InChI is InChI=1S/C11H17N3O3S/c1-8(10-12-5-6-18-10)7-14-11(17)13-4-2-3-9(15)16/h5-6,8H,2-4,7H2,1H3,(H,15,16)(H2,13,14,17). The third-order valence-corrected chi connectivity index (χ3v) is 3.30. The Morgan fingerprint density at radius 3 is 2.89 bits per heavy atom. The molecule has 0 bridgehead atoms. The first-order chi connectivity index (χ1) is 8.59. The number of rotatable bonds is 7. The van der Waals surface area contributed by atoms with Crippen LogP contribution in [0.5, 0.6) is 0 Å². The molecular formula is C11H17N3O3S. The van der Waals surface area contributed by atoms with Gasteiger partial charge in [-0.3, -0.25) is 4.79 Å². The van der Waals surface area contributed by atoms with Gasteiger partial charge in [0.1, 0.15) is 0 Å². The molecule has 18 heavy (non-hydrogen) atoms. The SMILES string of the molecule is CC(CNC(=O)NCCCC(=O)O)c1nccs1. The number of urea groups is 1. The molecule has 0 saturated carbocycles. The fourth-order valence-electron chi connectivity index (χ4n) is 1.31. The van der Waals surface area contributed by atoms with Crippen molar-refractivity contribution in [2.24, 2.45) is 0 Å². The molecule has 3 N–H and O–H groups in total. The van der Waals surface area contributed by atoms with Gasteiger partial charge in [0.2, 0.25) is 0 Å². The number of nitrogens with one attached hydrogen (secondary N) is 2. The molecule has 1 heterocycles. The molecule has 2 amide bonds. The topological polar surface area (TPSA) is 91.3 Å². The Balaban J connectivity index is 2.11. The van der Waals surface area contributed by atoms with E-state index in [1.54, 1.807) is 17.5 Å². The molecular weight excluding hydrogens is 254 g/mol. The van der Waals surface area contributed by atoms with Gasteiger partial charge in [-0.2, -0.15) is 0 Å². The third-order valence-electron chi connectivity index (χ3n) is 2.29. The second-order valence-electron chi connectivity index (χ2n) is 3.91. The first-order valence-electron chi connectivity index (χ1n) is 5.72. The van der Waals surface area contributed by atoms with Crippen LogP contribution in [0.25, 0.3) is 0 Å². The van der Waals surface area contributed by atoms with E-state index >= 15 is 0 Å². The van der Waals surface area contributed by atoms with Crippen LogP contribution in [-0.2, 0) is 4.79 Å². The van der Waals surface area contributed by atoms with Crippen molar-refractivity contribution in [2.45, 2.75) is 25.7 Å². The smallest absolute Gasteiger partial charge is 0.314 e. The van der Waals surface area contributed by atoms with Crippen molar-refractivity contribution in [3.05, 3.63) is 16.6 Å². The van der Waals surface area contributed by atoms with Crippen LogP contribution in [0.1, 0.15) is 30.7 Å². The number of thiazole rings is 1. The summed E-state index contributed by atoms with van der Waals surface area (Å²) in [5.41, 5.74) is 0. The highest BCUT2D eigenvalue weighted by molar-refractivity contribution is 7.09. The molecule has 0 aliphatic carbocycles. The van der Waals surface area contributed by atoms with Gasteiger partial charge in [-0.25, -0.2) is 9.78 Å². The largest absolute Gasteiger partial charge is 0.481 e. The van der Waals surface area contributed by atoms with Gasteiger partial charge in [0.15, 0.2) is 0 Å². The molecule has 100 valence electrons. The highest BCUT2D eigenvalue weighted by Gasteiger charge is 2.09. The molecule has 7 heteroatoms. The van der Waals surface area contributed by atoms with Crippen molar-refractivity contribution in [1.29, 1.82) is 0 Å². The number of amides is 2. The van der Waals surface area contributed by atoms with Crippen molar-refractivity contribution in [3.8, 4) is 0 Å². The van der Waals surface area contributed by atoms with Gasteiger partial charge in [0.25, 0.3) is 0 Å². The Hall–Kier alpha value is -1.63. The molecule has 0 saturated heterocycles. The highest BCUT2D eigenvalue weighted by Crippen LogP contribution is 2.16.